The van der Waals surface area contributed by atoms with Crippen molar-refractivity contribution in [2.75, 3.05) is 26.2 Å². The maximum atomic E-state index is 12.1. The number of carbonyl (C=O) groups is 1. The number of likely N-dealkylation sites (tertiary alicyclic amines) is 1. The van der Waals surface area contributed by atoms with E-state index in [0.717, 1.165) is 44.5 Å². The van der Waals surface area contributed by atoms with Gasteiger partial charge in [0.15, 0.2) is 0 Å². The van der Waals surface area contributed by atoms with Crippen LogP contribution in [0.3, 0.4) is 0 Å². The highest BCUT2D eigenvalue weighted by molar-refractivity contribution is 5.78. The van der Waals surface area contributed by atoms with Crippen LogP contribution in [0.4, 0.5) is 0 Å². The highest BCUT2D eigenvalue weighted by Gasteiger charge is 2.23. The monoisotopic (exact) mass is 276 g/mol. The van der Waals surface area contributed by atoms with Crippen LogP contribution in [0.15, 0.2) is 24.3 Å². The van der Waals surface area contributed by atoms with E-state index >= 15 is 0 Å². The minimum atomic E-state index is 0.178. The zero-order chi connectivity index (χ0) is 14.4. The molecule has 0 unspecified atom stereocenters. The number of hydrogen-bond acceptors (Lipinski definition) is 3. The lowest BCUT2D eigenvalue weighted by Crippen LogP contribution is -2.40. The van der Waals surface area contributed by atoms with Crippen LogP contribution in [-0.4, -0.2) is 42.1 Å². The number of benzene rings is 1. The largest absolute Gasteiger partial charge is 0.508 e. The summed E-state index contributed by atoms with van der Waals surface area (Å²) in [5.74, 6) is 0.651. The number of aromatic hydroxyl groups is 1. The molecular formula is C16H24N2O2. The van der Waals surface area contributed by atoms with Gasteiger partial charge in [-0.05, 0) is 56.6 Å². The van der Waals surface area contributed by atoms with Crippen LogP contribution in [0.2, 0.25) is 0 Å². The average molecular weight is 276 g/mol. The molecule has 0 radical (unpaired) electrons. The van der Waals surface area contributed by atoms with E-state index in [9.17, 15) is 9.90 Å². The Morgan fingerprint density at radius 3 is 2.55 bits per heavy atom. The first-order valence-corrected chi connectivity index (χ1v) is 7.47. The van der Waals surface area contributed by atoms with Gasteiger partial charge in [0.25, 0.3) is 0 Å². The number of phenolic OH excluding ortho intramolecular Hbond substituents is 1. The van der Waals surface area contributed by atoms with Crippen molar-refractivity contribution in [1.82, 2.24) is 10.2 Å². The zero-order valence-electron chi connectivity index (χ0n) is 12.1. The highest BCUT2D eigenvalue weighted by Crippen LogP contribution is 2.17. The van der Waals surface area contributed by atoms with Crippen LogP contribution in [0, 0.1) is 5.92 Å². The van der Waals surface area contributed by atoms with Crippen LogP contribution in [0.1, 0.15) is 25.3 Å². The molecule has 0 saturated carbocycles. The van der Waals surface area contributed by atoms with Gasteiger partial charge in [0.05, 0.1) is 0 Å². The Morgan fingerprint density at radius 1 is 1.30 bits per heavy atom. The van der Waals surface area contributed by atoms with E-state index in [1.807, 2.05) is 12.1 Å². The molecule has 20 heavy (non-hydrogen) atoms. The van der Waals surface area contributed by atoms with Gasteiger partial charge in [-0.1, -0.05) is 19.1 Å². The molecule has 1 saturated heterocycles. The summed E-state index contributed by atoms with van der Waals surface area (Å²) in [5, 5.41) is 12.2. The fourth-order valence-corrected chi connectivity index (χ4v) is 2.65. The topological polar surface area (TPSA) is 52.6 Å². The molecule has 1 heterocycles. The number of nitrogens with one attached hydrogen (secondary N) is 1. The van der Waals surface area contributed by atoms with E-state index in [4.69, 9.17) is 0 Å². The standard InChI is InChI=1S/C16H24N2O2/c1-2-18-11-8-14(9-12-18)16(20)17-10-7-13-3-5-15(19)6-4-13/h3-6,14,19H,2,7-12H2,1H3,(H,17,20). The predicted octanol–water partition coefficient (Wildman–Crippen LogP) is 1.78. The van der Waals surface area contributed by atoms with Crippen molar-refractivity contribution in [3.8, 4) is 5.75 Å². The summed E-state index contributed by atoms with van der Waals surface area (Å²) in [6, 6.07) is 7.14. The molecule has 1 fully saturated rings. The Hall–Kier alpha value is -1.55. The van der Waals surface area contributed by atoms with Crippen LogP contribution < -0.4 is 5.32 Å². The summed E-state index contributed by atoms with van der Waals surface area (Å²) in [5.41, 5.74) is 1.13. The second kappa shape index (κ2) is 7.29. The number of rotatable bonds is 5. The smallest absolute Gasteiger partial charge is 0.223 e. The molecule has 110 valence electrons. The fourth-order valence-electron chi connectivity index (χ4n) is 2.65. The molecule has 1 aliphatic rings. The molecule has 0 aromatic heterocycles. The number of piperidine rings is 1. The van der Waals surface area contributed by atoms with Gasteiger partial charge in [0, 0.05) is 12.5 Å². The molecule has 2 rings (SSSR count). The summed E-state index contributed by atoms with van der Waals surface area (Å²) >= 11 is 0. The van der Waals surface area contributed by atoms with Gasteiger partial charge in [-0.15, -0.1) is 0 Å². The zero-order valence-corrected chi connectivity index (χ0v) is 12.1. The molecule has 0 spiro atoms. The van der Waals surface area contributed by atoms with Gasteiger partial charge in [-0.25, -0.2) is 0 Å². The molecular weight excluding hydrogens is 252 g/mol. The molecule has 4 heteroatoms. The third-order valence-electron chi connectivity index (χ3n) is 4.05. The first-order valence-electron chi connectivity index (χ1n) is 7.47. The van der Waals surface area contributed by atoms with Crippen LogP contribution in [0.5, 0.6) is 5.75 Å². The predicted molar refractivity (Wildman–Crippen MR) is 79.7 cm³/mol. The second-order valence-corrected chi connectivity index (χ2v) is 5.42. The van der Waals surface area contributed by atoms with Crippen molar-refractivity contribution in [3.05, 3.63) is 29.8 Å². The van der Waals surface area contributed by atoms with E-state index in [1.54, 1.807) is 12.1 Å². The van der Waals surface area contributed by atoms with Crippen molar-refractivity contribution < 1.29 is 9.90 Å². The summed E-state index contributed by atoms with van der Waals surface area (Å²) in [7, 11) is 0. The number of phenols is 1. The molecule has 4 nitrogen and oxygen atoms in total. The maximum Gasteiger partial charge on any atom is 0.223 e. The molecule has 1 aromatic carbocycles. The summed E-state index contributed by atoms with van der Waals surface area (Å²) in [6.45, 7) is 5.98. The van der Waals surface area contributed by atoms with E-state index < -0.39 is 0 Å². The number of nitrogens with zero attached hydrogens (tertiary/aromatic N) is 1. The minimum absolute atomic E-state index is 0.178. The van der Waals surface area contributed by atoms with E-state index in [2.05, 4.69) is 17.1 Å². The Bertz CT molecular complexity index is 423. The normalized spacial score (nSPS) is 17.1. The Balaban J connectivity index is 1.69. The molecule has 1 aromatic rings. The number of amides is 1. The Kier molecular flexibility index (Phi) is 5.41. The molecule has 0 atom stereocenters. The number of carbonyl (C=O) groups excluding carboxylic acids is 1. The van der Waals surface area contributed by atoms with Crippen molar-refractivity contribution in [3.63, 3.8) is 0 Å². The quantitative estimate of drug-likeness (QED) is 0.862. The summed E-state index contributed by atoms with van der Waals surface area (Å²) in [6.07, 6.45) is 2.75. The lowest BCUT2D eigenvalue weighted by atomic mass is 9.96. The van der Waals surface area contributed by atoms with Crippen molar-refractivity contribution in [1.29, 1.82) is 0 Å². The molecule has 1 aliphatic heterocycles. The third-order valence-corrected chi connectivity index (χ3v) is 4.05. The summed E-state index contributed by atoms with van der Waals surface area (Å²) in [4.78, 5) is 14.5. The Labute approximate surface area is 120 Å². The van der Waals surface area contributed by atoms with Crippen LogP contribution >= 0.6 is 0 Å². The van der Waals surface area contributed by atoms with Crippen LogP contribution in [0.25, 0.3) is 0 Å². The highest BCUT2D eigenvalue weighted by atomic mass is 16.3. The fraction of sp³-hybridized carbons (Fsp3) is 0.562. The lowest BCUT2D eigenvalue weighted by molar-refractivity contribution is -0.126. The maximum absolute atomic E-state index is 12.1. The average Bonchev–Trinajstić information content (AvgIpc) is 2.49. The van der Waals surface area contributed by atoms with E-state index in [-0.39, 0.29) is 17.6 Å². The molecule has 0 aliphatic carbocycles. The second-order valence-electron chi connectivity index (χ2n) is 5.42. The molecule has 1 amide bonds. The lowest BCUT2D eigenvalue weighted by Gasteiger charge is -2.30. The van der Waals surface area contributed by atoms with E-state index in [1.165, 1.54) is 0 Å². The minimum Gasteiger partial charge on any atom is -0.508 e. The Morgan fingerprint density at radius 2 is 1.95 bits per heavy atom. The van der Waals surface area contributed by atoms with Gasteiger partial charge in [-0.3, -0.25) is 4.79 Å². The van der Waals surface area contributed by atoms with Gasteiger partial charge >= 0.3 is 0 Å². The van der Waals surface area contributed by atoms with Crippen LogP contribution in [-0.2, 0) is 11.2 Å². The number of hydrogen-bond donors (Lipinski definition) is 2. The van der Waals surface area contributed by atoms with Crippen molar-refractivity contribution >= 4 is 5.91 Å². The van der Waals surface area contributed by atoms with Gasteiger partial charge in [0.1, 0.15) is 5.75 Å². The van der Waals surface area contributed by atoms with Gasteiger partial charge in [0.2, 0.25) is 5.91 Å². The van der Waals surface area contributed by atoms with Crippen molar-refractivity contribution in [2.24, 2.45) is 5.92 Å². The molecule has 2 N–H and O–H groups in total. The molecule has 0 bridgehead atoms. The first-order chi connectivity index (χ1) is 9.69. The van der Waals surface area contributed by atoms with Gasteiger partial charge in [-0.2, -0.15) is 0 Å². The van der Waals surface area contributed by atoms with E-state index in [0.29, 0.717) is 6.54 Å². The third kappa shape index (κ3) is 4.23. The first kappa shape index (κ1) is 14.9. The van der Waals surface area contributed by atoms with Gasteiger partial charge < -0.3 is 15.3 Å². The summed E-state index contributed by atoms with van der Waals surface area (Å²) < 4.78 is 0. The SMILES string of the molecule is CCN1CCC(C(=O)NCCc2ccc(O)cc2)CC1. The van der Waals surface area contributed by atoms with Crippen molar-refractivity contribution in [2.45, 2.75) is 26.2 Å².